The number of hydrogen-bond donors (Lipinski definition) is 2. The van der Waals surface area contributed by atoms with E-state index in [-0.39, 0.29) is 5.75 Å². The number of aryl methyl sites for hydroxylation is 2. The summed E-state index contributed by atoms with van der Waals surface area (Å²) in [6.07, 6.45) is 3.75. The zero-order valence-corrected chi connectivity index (χ0v) is 12.5. The lowest BCUT2D eigenvalue weighted by molar-refractivity contribution is 0.476. The molecule has 1 heterocycles. The Kier molecular flexibility index (Phi) is 3.05. The van der Waals surface area contributed by atoms with Crippen molar-refractivity contribution in [1.29, 1.82) is 0 Å². The van der Waals surface area contributed by atoms with Crippen molar-refractivity contribution in [1.82, 2.24) is 4.98 Å². The van der Waals surface area contributed by atoms with Crippen LogP contribution in [0.15, 0.2) is 29.8 Å². The normalized spacial score (nSPS) is 11.8. The second-order valence-electron chi connectivity index (χ2n) is 5.27. The predicted octanol–water partition coefficient (Wildman–Crippen LogP) is 4.34. The van der Waals surface area contributed by atoms with Crippen LogP contribution in [0.3, 0.4) is 0 Å². The van der Waals surface area contributed by atoms with E-state index < -0.39 is 0 Å². The van der Waals surface area contributed by atoms with Gasteiger partial charge in [-0.2, -0.15) is 0 Å². The highest BCUT2D eigenvalue weighted by atomic mass is 16.3. The van der Waals surface area contributed by atoms with Crippen LogP contribution in [0.4, 0.5) is 0 Å². The van der Waals surface area contributed by atoms with E-state index in [0.717, 1.165) is 44.1 Å². The Morgan fingerprint density at radius 3 is 2.62 bits per heavy atom. The van der Waals surface area contributed by atoms with Crippen molar-refractivity contribution in [2.24, 2.45) is 4.99 Å². The molecule has 0 radical (unpaired) electrons. The summed E-state index contributed by atoms with van der Waals surface area (Å²) >= 11 is 0. The number of phenols is 1. The van der Waals surface area contributed by atoms with Gasteiger partial charge in [-0.3, -0.25) is 4.99 Å². The molecule has 2 N–H and O–H groups in total. The topological polar surface area (TPSA) is 48.4 Å². The molecule has 0 amide bonds. The van der Waals surface area contributed by atoms with E-state index in [2.05, 4.69) is 30.4 Å². The molecule has 0 saturated carbocycles. The molecule has 3 heteroatoms. The van der Waals surface area contributed by atoms with E-state index in [0.29, 0.717) is 0 Å². The van der Waals surface area contributed by atoms with Crippen molar-refractivity contribution in [3.05, 3.63) is 47.0 Å². The van der Waals surface area contributed by atoms with E-state index in [1.807, 2.05) is 18.4 Å². The Hall–Kier alpha value is -2.55. The lowest BCUT2D eigenvalue weighted by Crippen LogP contribution is -1.97. The second kappa shape index (κ2) is 4.77. The summed E-state index contributed by atoms with van der Waals surface area (Å²) in [5.74, 6) is 0.277. The van der Waals surface area contributed by atoms with Crippen molar-refractivity contribution in [2.75, 3.05) is 7.05 Å². The van der Waals surface area contributed by atoms with Crippen molar-refractivity contribution in [3.63, 3.8) is 0 Å². The lowest BCUT2D eigenvalue weighted by atomic mass is 9.93. The molecule has 106 valence electrons. The van der Waals surface area contributed by atoms with Gasteiger partial charge >= 0.3 is 0 Å². The van der Waals surface area contributed by atoms with Crippen LogP contribution in [0.25, 0.3) is 27.9 Å². The van der Waals surface area contributed by atoms with Crippen LogP contribution in [0.1, 0.15) is 22.3 Å². The number of hydrogen-bond acceptors (Lipinski definition) is 2. The highest BCUT2D eigenvalue weighted by molar-refractivity contribution is 6.13. The maximum atomic E-state index is 9.79. The molecular weight excluding hydrogens is 260 g/mol. The van der Waals surface area contributed by atoms with Crippen LogP contribution >= 0.6 is 0 Å². The molecule has 3 nitrogen and oxygen atoms in total. The van der Waals surface area contributed by atoms with Gasteiger partial charge in [-0.25, -0.2) is 0 Å². The molecule has 0 saturated heterocycles. The maximum Gasteiger partial charge on any atom is 0.116 e. The van der Waals surface area contributed by atoms with E-state index in [4.69, 9.17) is 0 Å². The molecule has 0 aliphatic heterocycles. The minimum Gasteiger partial charge on any atom is -0.508 e. The highest BCUT2D eigenvalue weighted by Crippen LogP contribution is 2.36. The third-order valence-corrected chi connectivity index (χ3v) is 4.09. The summed E-state index contributed by atoms with van der Waals surface area (Å²) in [5.41, 5.74) is 6.60. The van der Waals surface area contributed by atoms with E-state index in [1.165, 1.54) is 0 Å². The molecule has 0 fully saturated rings. The number of nitrogens with one attached hydrogen (secondary N) is 1. The summed E-state index contributed by atoms with van der Waals surface area (Å²) in [4.78, 5) is 7.63. The molecule has 2 aromatic carbocycles. The molecule has 1 aromatic heterocycles. The Bertz CT molecular complexity index is 901. The molecule has 0 unspecified atom stereocenters. The van der Waals surface area contributed by atoms with Crippen molar-refractivity contribution >= 4 is 34.1 Å². The fourth-order valence-electron chi connectivity index (χ4n) is 3.08. The van der Waals surface area contributed by atoms with Gasteiger partial charge in [-0.15, -0.1) is 0 Å². The van der Waals surface area contributed by atoms with Gasteiger partial charge in [0.2, 0.25) is 0 Å². The summed E-state index contributed by atoms with van der Waals surface area (Å²) < 4.78 is 0. The summed E-state index contributed by atoms with van der Waals surface area (Å²) in [5, 5.41) is 12.0. The van der Waals surface area contributed by atoms with Crippen LogP contribution in [0, 0.1) is 13.8 Å². The SMILES string of the molecule is C=Cc1c(C=NC)c(C)c2c([nH]c3ccc(O)cc32)c1C. The second-order valence-corrected chi connectivity index (χ2v) is 5.27. The van der Waals surface area contributed by atoms with Crippen molar-refractivity contribution in [3.8, 4) is 5.75 Å². The summed E-state index contributed by atoms with van der Waals surface area (Å²) in [6.45, 7) is 8.11. The van der Waals surface area contributed by atoms with Gasteiger partial charge < -0.3 is 10.1 Å². The number of aromatic amines is 1. The predicted molar refractivity (Wildman–Crippen MR) is 90.6 cm³/mol. The number of aromatic nitrogens is 1. The number of benzene rings is 2. The molecule has 3 rings (SSSR count). The number of aromatic hydroxyl groups is 1. The average Bonchev–Trinajstić information content (AvgIpc) is 2.84. The largest absolute Gasteiger partial charge is 0.508 e. The minimum absolute atomic E-state index is 0.277. The van der Waals surface area contributed by atoms with Crippen LogP contribution in [-0.2, 0) is 0 Å². The molecule has 0 aliphatic rings. The van der Waals surface area contributed by atoms with Gasteiger partial charge in [0, 0.05) is 35.1 Å². The highest BCUT2D eigenvalue weighted by Gasteiger charge is 2.16. The van der Waals surface area contributed by atoms with Crippen molar-refractivity contribution in [2.45, 2.75) is 13.8 Å². The first kappa shape index (κ1) is 13.4. The standard InChI is InChI=1S/C18H18N2O/c1-5-13-11(3)18-17(10(2)15(13)9-19-4)14-8-12(21)6-7-16(14)20-18/h5-9,20-21H,1H2,2-4H3. The first-order valence-corrected chi connectivity index (χ1v) is 6.90. The van der Waals surface area contributed by atoms with E-state index in [9.17, 15) is 5.11 Å². The fraction of sp³-hybridized carbons (Fsp3) is 0.167. The zero-order chi connectivity index (χ0) is 15.1. The monoisotopic (exact) mass is 278 g/mol. The Labute approximate surface area is 123 Å². The Morgan fingerprint density at radius 1 is 1.19 bits per heavy atom. The molecule has 3 aromatic rings. The van der Waals surface area contributed by atoms with Gasteiger partial charge in [-0.05, 0) is 48.7 Å². The fourth-order valence-corrected chi connectivity index (χ4v) is 3.08. The van der Waals surface area contributed by atoms with Crippen LogP contribution < -0.4 is 0 Å². The number of phenolic OH excluding ortho intramolecular Hbond substituents is 1. The summed E-state index contributed by atoms with van der Waals surface area (Å²) in [7, 11) is 1.77. The number of H-pyrrole nitrogens is 1. The molecule has 0 atom stereocenters. The molecule has 0 bridgehead atoms. The minimum atomic E-state index is 0.277. The number of aliphatic imine (C=N–C) groups is 1. The number of nitrogens with zero attached hydrogens (tertiary/aromatic N) is 1. The molecule has 0 aliphatic carbocycles. The summed E-state index contributed by atoms with van der Waals surface area (Å²) in [6, 6.07) is 5.41. The Balaban J connectivity index is 2.60. The van der Waals surface area contributed by atoms with Gasteiger partial charge in [0.1, 0.15) is 5.75 Å². The number of rotatable bonds is 2. The number of fused-ring (bicyclic) bond motifs is 3. The zero-order valence-electron chi connectivity index (χ0n) is 12.5. The van der Waals surface area contributed by atoms with Crippen molar-refractivity contribution < 1.29 is 5.11 Å². The first-order valence-electron chi connectivity index (χ1n) is 6.90. The van der Waals surface area contributed by atoms with E-state index in [1.54, 1.807) is 19.2 Å². The molecule has 21 heavy (non-hydrogen) atoms. The van der Waals surface area contributed by atoms with Crippen LogP contribution in [-0.4, -0.2) is 23.4 Å². The third kappa shape index (κ3) is 1.85. The Morgan fingerprint density at radius 2 is 1.95 bits per heavy atom. The third-order valence-electron chi connectivity index (χ3n) is 4.09. The first-order chi connectivity index (χ1) is 10.1. The maximum absolute atomic E-state index is 9.79. The average molecular weight is 278 g/mol. The van der Waals surface area contributed by atoms with Crippen LogP contribution in [0.5, 0.6) is 5.75 Å². The van der Waals surface area contributed by atoms with Crippen LogP contribution in [0.2, 0.25) is 0 Å². The quantitative estimate of drug-likeness (QED) is 0.673. The van der Waals surface area contributed by atoms with Gasteiger partial charge in [-0.1, -0.05) is 12.7 Å². The smallest absolute Gasteiger partial charge is 0.116 e. The molecule has 0 spiro atoms. The van der Waals surface area contributed by atoms with Gasteiger partial charge in [0.15, 0.2) is 0 Å². The van der Waals surface area contributed by atoms with E-state index >= 15 is 0 Å². The van der Waals surface area contributed by atoms with Gasteiger partial charge in [0.25, 0.3) is 0 Å². The van der Waals surface area contributed by atoms with Gasteiger partial charge in [0.05, 0.1) is 5.52 Å². The lowest BCUT2D eigenvalue weighted by Gasteiger charge is -2.12. The molecular formula is C18H18N2O.